The average Bonchev–Trinajstić information content (AvgIpc) is 3.06. The molecule has 132 valence electrons. The lowest BCUT2D eigenvalue weighted by molar-refractivity contribution is -0.140. The Hall–Kier alpha value is -2.63. The molecule has 6 heteroatoms. The van der Waals surface area contributed by atoms with Gasteiger partial charge in [-0.15, -0.1) is 0 Å². The number of anilines is 1. The molecule has 3 amide bonds. The Morgan fingerprint density at radius 3 is 2.64 bits per heavy atom. The van der Waals surface area contributed by atoms with E-state index >= 15 is 0 Å². The molecule has 2 aliphatic rings. The Balaban J connectivity index is 1.66. The zero-order chi connectivity index (χ0) is 17.8. The molecule has 0 aromatic heterocycles. The number of amides is 3. The van der Waals surface area contributed by atoms with E-state index in [0.29, 0.717) is 25.9 Å². The number of benzene rings is 1. The Morgan fingerprint density at radius 2 is 2.00 bits per heavy atom. The predicted molar refractivity (Wildman–Crippen MR) is 95.9 cm³/mol. The van der Waals surface area contributed by atoms with Crippen LogP contribution < -0.4 is 10.2 Å². The van der Waals surface area contributed by atoms with Crippen molar-refractivity contribution in [2.45, 2.75) is 32.2 Å². The zero-order valence-electron chi connectivity index (χ0n) is 14.4. The van der Waals surface area contributed by atoms with Gasteiger partial charge in [0, 0.05) is 37.8 Å². The van der Waals surface area contributed by atoms with E-state index in [1.165, 1.54) is 6.08 Å². The van der Waals surface area contributed by atoms with Gasteiger partial charge in [0.1, 0.15) is 6.04 Å². The topological polar surface area (TPSA) is 69.7 Å². The normalized spacial score (nSPS) is 21.1. The van der Waals surface area contributed by atoms with Crippen molar-refractivity contribution in [2.24, 2.45) is 0 Å². The molecule has 1 atom stereocenters. The van der Waals surface area contributed by atoms with Crippen molar-refractivity contribution in [2.75, 3.05) is 24.5 Å². The highest BCUT2D eigenvalue weighted by Gasteiger charge is 2.30. The van der Waals surface area contributed by atoms with E-state index in [0.717, 1.165) is 24.2 Å². The first-order valence-electron chi connectivity index (χ1n) is 8.77. The molecule has 2 saturated heterocycles. The van der Waals surface area contributed by atoms with E-state index in [9.17, 15) is 14.4 Å². The van der Waals surface area contributed by atoms with Crippen LogP contribution in [0.2, 0.25) is 0 Å². The SMILES string of the molecule is CCC1C(=O)NCCN1C(=O)/C=C/c1ccc(N2CCCC2=O)cc1. The van der Waals surface area contributed by atoms with Gasteiger partial charge in [-0.1, -0.05) is 19.1 Å². The van der Waals surface area contributed by atoms with E-state index < -0.39 is 6.04 Å². The van der Waals surface area contributed by atoms with Gasteiger partial charge >= 0.3 is 0 Å². The van der Waals surface area contributed by atoms with Crippen molar-refractivity contribution in [3.05, 3.63) is 35.9 Å². The molecule has 0 bridgehead atoms. The Bertz CT molecular complexity index is 696. The lowest BCUT2D eigenvalue weighted by Gasteiger charge is -2.33. The van der Waals surface area contributed by atoms with E-state index in [4.69, 9.17) is 0 Å². The van der Waals surface area contributed by atoms with E-state index in [-0.39, 0.29) is 17.7 Å². The number of carbonyl (C=O) groups excluding carboxylic acids is 3. The summed E-state index contributed by atoms with van der Waals surface area (Å²) in [5.41, 5.74) is 1.78. The van der Waals surface area contributed by atoms with Crippen LogP contribution >= 0.6 is 0 Å². The number of rotatable bonds is 4. The van der Waals surface area contributed by atoms with Crippen LogP contribution in [-0.4, -0.2) is 48.3 Å². The lowest BCUT2D eigenvalue weighted by Crippen LogP contribution is -2.56. The van der Waals surface area contributed by atoms with Crippen LogP contribution in [0.4, 0.5) is 5.69 Å². The standard InChI is InChI=1S/C19H23N3O3/c1-2-16-19(25)20-11-13-22(16)18(24)10-7-14-5-8-15(9-6-14)21-12-3-4-17(21)23/h5-10,16H,2-4,11-13H2,1H3,(H,20,25)/b10-7+. The molecule has 3 rings (SSSR count). The van der Waals surface area contributed by atoms with Gasteiger partial charge in [0.25, 0.3) is 0 Å². The van der Waals surface area contributed by atoms with Crippen molar-refractivity contribution in [1.82, 2.24) is 10.2 Å². The monoisotopic (exact) mass is 341 g/mol. The molecule has 2 fully saturated rings. The summed E-state index contributed by atoms with van der Waals surface area (Å²) in [4.78, 5) is 39.4. The molecular weight excluding hydrogens is 318 g/mol. The maximum absolute atomic E-state index is 12.4. The van der Waals surface area contributed by atoms with Gasteiger partial charge in [-0.3, -0.25) is 14.4 Å². The minimum atomic E-state index is -0.394. The largest absolute Gasteiger partial charge is 0.353 e. The molecule has 1 aromatic rings. The Kier molecular flexibility index (Phi) is 5.16. The number of hydrogen-bond donors (Lipinski definition) is 1. The number of piperazine rings is 1. The van der Waals surface area contributed by atoms with Crippen molar-refractivity contribution >= 4 is 29.5 Å². The summed E-state index contributed by atoms with van der Waals surface area (Å²) in [7, 11) is 0. The summed E-state index contributed by atoms with van der Waals surface area (Å²) in [5, 5.41) is 2.79. The van der Waals surface area contributed by atoms with Gasteiger partial charge in [0.15, 0.2) is 0 Å². The van der Waals surface area contributed by atoms with Crippen LogP contribution in [0.1, 0.15) is 31.7 Å². The minimum Gasteiger partial charge on any atom is -0.353 e. The molecular formula is C19H23N3O3. The molecule has 1 unspecified atom stereocenters. The second-order valence-electron chi connectivity index (χ2n) is 6.32. The van der Waals surface area contributed by atoms with E-state index in [1.807, 2.05) is 31.2 Å². The predicted octanol–water partition coefficient (Wildman–Crippen LogP) is 1.56. The molecule has 6 nitrogen and oxygen atoms in total. The number of nitrogens with one attached hydrogen (secondary N) is 1. The molecule has 25 heavy (non-hydrogen) atoms. The van der Waals surface area contributed by atoms with E-state index in [2.05, 4.69) is 5.32 Å². The second kappa shape index (κ2) is 7.51. The molecule has 2 aliphatic heterocycles. The Morgan fingerprint density at radius 1 is 1.24 bits per heavy atom. The molecule has 0 aliphatic carbocycles. The molecule has 1 aromatic carbocycles. The number of nitrogens with zero attached hydrogens (tertiary/aromatic N) is 2. The van der Waals surface area contributed by atoms with Crippen molar-refractivity contribution in [3.63, 3.8) is 0 Å². The average molecular weight is 341 g/mol. The first kappa shape index (κ1) is 17.2. The molecule has 0 saturated carbocycles. The van der Waals surface area contributed by atoms with Gasteiger partial charge in [-0.05, 0) is 36.6 Å². The van der Waals surface area contributed by atoms with E-state index in [1.54, 1.807) is 15.9 Å². The smallest absolute Gasteiger partial charge is 0.247 e. The van der Waals surface area contributed by atoms with Gasteiger partial charge in [0.2, 0.25) is 17.7 Å². The first-order valence-corrected chi connectivity index (χ1v) is 8.77. The van der Waals surface area contributed by atoms with Crippen molar-refractivity contribution < 1.29 is 14.4 Å². The summed E-state index contributed by atoms with van der Waals surface area (Å²) in [6.45, 7) is 3.69. The summed E-state index contributed by atoms with van der Waals surface area (Å²) >= 11 is 0. The highest BCUT2D eigenvalue weighted by atomic mass is 16.2. The summed E-state index contributed by atoms with van der Waals surface area (Å²) in [5.74, 6) is -0.0805. The highest BCUT2D eigenvalue weighted by molar-refractivity contribution is 5.97. The van der Waals surface area contributed by atoms with Gasteiger partial charge in [0.05, 0.1) is 0 Å². The Labute approximate surface area is 147 Å². The van der Waals surface area contributed by atoms with Crippen LogP contribution in [-0.2, 0) is 14.4 Å². The summed E-state index contributed by atoms with van der Waals surface area (Å²) < 4.78 is 0. The fourth-order valence-corrected chi connectivity index (χ4v) is 3.33. The second-order valence-corrected chi connectivity index (χ2v) is 6.32. The van der Waals surface area contributed by atoms with Crippen LogP contribution in [0, 0.1) is 0 Å². The third kappa shape index (κ3) is 3.73. The number of hydrogen-bond acceptors (Lipinski definition) is 3. The highest BCUT2D eigenvalue weighted by Crippen LogP contribution is 2.22. The van der Waals surface area contributed by atoms with Crippen LogP contribution in [0.5, 0.6) is 0 Å². The first-order chi connectivity index (χ1) is 12.1. The van der Waals surface area contributed by atoms with Gasteiger partial charge in [-0.2, -0.15) is 0 Å². The molecule has 0 radical (unpaired) electrons. The maximum Gasteiger partial charge on any atom is 0.247 e. The fourth-order valence-electron chi connectivity index (χ4n) is 3.33. The van der Waals surface area contributed by atoms with Gasteiger partial charge < -0.3 is 15.1 Å². The maximum atomic E-state index is 12.4. The minimum absolute atomic E-state index is 0.0878. The summed E-state index contributed by atoms with van der Waals surface area (Å²) in [6, 6.07) is 7.19. The third-order valence-corrected chi connectivity index (χ3v) is 4.70. The zero-order valence-corrected chi connectivity index (χ0v) is 14.4. The number of carbonyl (C=O) groups is 3. The fraction of sp³-hybridized carbons (Fsp3) is 0.421. The van der Waals surface area contributed by atoms with Crippen molar-refractivity contribution in [1.29, 1.82) is 0 Å². The molecule has 0 spiro atoms. The lowest BCUT2D eigenvalue weighted by atomic mass is 10.1. The molecule has 1 N–H and O–H groups in total. The summed E-state index contributed by atoms with van der Waals surface area (Å²) in [6.07, 6.45) is 5.37. The van der Waals surface area contributed by atoms with Crippen LogP contribution in [0.25, 0.3) is 6.08 Å². The molecule has 2 heterocycles. The van der Waals surface area contributed by atoms with Crippen molar-refractivity contribution in [3.8, 4) is 0 Å². The van der Waals surface area contributed by atoms with Crippen LogP contribution in [0.3, 0.4) is 0 Å². The van der Waals surface area contributed by atoms with Gasteiger partial charge in [-0.25, -0.2) is 0 Å². The third-order valence-electron chi connectivity index (χ3n) is 4.70. The quantitative estimate of drug-likeness (QED) is 0.845. The van der Waals surface area contributed by atoms with Crippen LogP contribution in [0.15, 0.2) is 30.3 Å².